The third-order valence-corrected chi connectivity index (χ3v) is 5.49. The van der Waals surface area contributed by atoms with Gasteiger partial charge in [0.05, 0.1) is 0 Å². The minimum Gasteiger partial charge on any atom is -0.338 e. The second-order valence-corrected chi connectivity index (χ2v) is 6.77. The maximum absolute atomic E-state index is 12.4. The van der Waals surface area contributed by atoms with Crippen molar-refractivity contribution in [1.29, 1.82) is 0 Å². The topological polar surface area (TPSA) is 20.3 Å². The highest BCUT2D eigenvalue weighted by molar-refractivity contribution is 7.99. The molecule has 3 rings (SSSR count). The molecule has 2 heterocycles. The quantitative estimate of drug-likeness (QED) is 0.826. The summed E-state index contributed by atoms with van der Waals surface area (Å²) in [5.74, 6) is 3.43. The number of amides is 1. The van der Waals surface area contributed by atoms with E-state index in [1.807, 2.05) is 11.8 Å². The number of carbonyl (C=O) groups is 1. The van der Waals surface area contributed by atoms with Gasteiger partial charge in [0.1, 0.15) is 0 Å². The summed E-state index contributed by atoms with van der Waals surface area (Å²) in [4.78, 5) is 14.4. The average molecular weight is 275 g/mol. The fourth-order valence-electron chi connectivity index (χ4n) is 3.05. The van der Waals surface area contributed by atoms with Crippen LogP contribution in [0.3, 0.4) is 0 Å². The Balaban J connectivity index is 1.59. The van der Waals surface area contributed by atoms with Crippen LogP contribution in [0.15, 0.2) is 24.3 Å². The van der Waals surface area contributed by atoms with Gasteiger partial charge in [-0.25, -0.2) is 0 Å². The van der Waals surface area contributed by atoms with Crippen molar-refractivity contribution in [3.63, 3.8) is 0 Å². The van der Waals surface area contributed by atoms with E-state index >= 15 is 0 Å². The number of carbonyl (C=O) groups excluding carboxylic acids is 1. The van der Waals surface area contributed by atoms with Gasteiger partial charge in [0.15, 0.2) is 0 Å². The van der Waals surface area contributed by atoms with Crippen molar-refractivity contribution in [3.8, 4) is 0 Å². The Morgan fingerprint density at radius 1 is 1.32 bits per heavy atom. The Labute approximate surface area is 119 Å². The van der Waals surface area contributed by atoms with Crippen molar-refractivity contribution in [2.45, 2.75) is 32.2 Å². The highest BCUT2D eigenvalue weighted by atomic mass is 32.2. The van der Waals surface area contributed by atoms with Crippen LogP contribution in [0.25, 0.3) is 0 Å². The summed E-state index contributed by atoms with van der Waals surface area (Å²) in [6.07, 6.45) is 4.30. The number of hydrogen-bond acceptors (Lipinski definition) is 2. The molecular formula is C16H21NOS. The summed E-state index contributed by atoms with van der Waals surface area (Å²) < 4.78 is 0. The molecule has 0 spiro atoms. The summed E-state index contributed by atoms with van der Waals surface area (Å²) in [6.45, 7) is 1.71. The standard InChI is InChI=1S/C16H21NOS/c18-16(10-13-4-3-9-19-12-13)17-8-7-14-5-1-2-6-15(14)11-17/h1-2,5-6,13H,3-4,7-12H2. The van der Waals surface area contributed by atoms with Gasteiger partial charge in [-0.3, -0.25) is 4.79 Å². The van der Waals surface area contributed by atoms with E-state index in [1.165, 1.54) is 35.5 Å². The van der Waals surface area contributed by atoms with Crippen molar-refractivity contribution in [1.82, 2.24) is 4.90 Å². The molecule has 0 aromatic heterocycles. The zero-order valence-electron chi connectivity index (χ0n) is 11.3. The Morgan fingerprint density at radius 3 is 2.95 bits per heavy atom. The van der Waals surface area contributed by atoms with Crippen molar-refractivity contribution in [2.75, 3.05) is 18.1 Å². The van der Waals surface area contributed by atoms with Crippen LogP contribution in [-0.2, 0) is 17.8 Å². The molecule has 0 bridgehead atoms. The molecule has 1 atom stereocenters. The lowest BCUT2D eigenvalue weighted by atomic mass is 9.97. The highest BCUT2D eigenvalue weighted by Gasteiger charge is 2.24. The molecule has 19 heavy (non-hydrogen) atoms. The smallest absolute Gasteiger partial charge is 0.223 e. The van der Waals surface area contributed by atoms with Crippen LogP contribution in [0.5, 0.6) is 0 Å². The number of nitrogens with zero attached hydrogens (tertiary/aromatic N) is 1. The van der Waals surface area contributed by atoms with Crippen molar-refractivity contribution < 1.29 is 4.79 Å². The van der Waals surface area contributed by atoms with E-state index in [0.29, 0.717) is 11.8 Å². The number of hydrogen-bond donors (Lipinski definition) is 0. The van der Waals surface area contributed by atoms with Gasteiger partial charge in [-0.1, -0.05) is 24.3 Å². The zero-order valence-corrected chi connectivity index (χ0v) is 12.1. The molecule has 1 aromatic carbocycles. The molecule has 1 unspecified atom stereocenters. The molecule has 1 fully saturated rings. The first-order valence-corrected chi connectivity index (χ1v) is 8.40. The van der Waals surface area contributed by atoms with Crippen molar-refractivity contribution in [2.24, 2.45) is 5.92 Å². The van der Waals surface area contributed by atoms with Crippen molar-refractivity contribution >= 4 is 17.7 Å². The van der Waals surface area contributed by atoms with Crippen LogP contribution < -0.4 is 0 Å². The van der Waals surface area contributed by atoms with Gasteiger partial charge < -0.3 is 4.90 Å². The molecule has 3 heteroatoms. The minimum absolute atomic E-state index is 0.363. The fourth-order valence-corrected chi connectivity index (χ4v) is 4.21. The van der Waals surface area contributed by atoms with Gasteiger partial charge >= 0.3 is 0 Å². The van der Waals surface area contributed by atoms with Crippen molar-refractivity contribution in [3.05, 3.63) is 35.4 Å². The molecular weight excluding hydrogens is 254 g/mol. The van der Waals surface area contributed by atoms with Gasteiger partial charge in [-0.15, -0.1) is 0 Å². The van der Waals surface area contributed by atoms with Gasteiger partial charge in [0.2, 0.25) is 5.91 Å². The predicted octanol–water partition coefficient (Wildman–Crippen LogP) is 3.10. The van der Waals surface area contributed by atoms with Gasteiger partial charge in [-0.05, 0) is 47.8 Å². The summed E-state index contributed by atoms with van der Waals surface area (Å²) in [5.41, 5.74) is 2.75. The molecule has 1 aromatic rings. The van der Waals surface area contributed by atoms with E-state index in [0.717, 1.165) is 25.9 Å². The average Bonchev–Trinajstić information content (AvgIpc) is 2.48. The summed E-state index contributed by atoms with van der Waals surface area (Å²) in [5, 5.41) is 0. The highest BCUT2D eigenvalue weighted by Crippen LogP contribution is 2.27. The molecule has 2 aliphatic rings. The van der Waals surface area contributed by atoms with E-state index < -0.39 is 0 Å². The number of benzene rings is 1. The Hall–Kier alpha value is -0.960. The second kappa shape index (κ2) is 6.00. The van der Waals surface area contributed by atoms with Gasteiger partial charge in [-0.2, -0.15) is 11.8 Å². The fraction of sp³-hybridized carbons (Fsp3) is 0.562. The Kier molecular flexibility index (Phi) is 4.12. The predicted molar refractivity (Wildman–Crippen MR) is 80.2 cm³/mol. The second-order valence-electron chi connectivity index (χ2n) is 5.62. The Morgan fingerprint density at radius 2 is 2.16 bits per heavy atom. The SMILES string of the molecule is O=C(CC1CCCSC1)N1CCc2ccccc2C1. The third kappa shape index (κ3) is 3.14. The van der Waals surface area contributed by atoms with Gasteiger partial charge in [0, 0.05) is 19.5 Å². The van der Waals surface area contributed by atoms with E-state index in [1.54, 1.807) is 0 Å². The Bertz CT molecular complexity index is 454. The summed E-state index contributed by atoms with van der Waals surface area (Å²) >= 11 is 2.01. The van der Waals surface area contributed by atoms with E-state index in [9.17, 15) is 4.79 Å². The molecule has 2 aliphatic heterocycles. The molecule has 0 radical (unpaired) electrons. The summed E-state index contributed by atoms with van der Waals surface area (Å²) in [7, 11) is 0. The minimum atomic E-state index is 0.363. The van der Waals surface area contributed by atoms with Crippen LogP contribution in [0.2, 0.25) is 0 Å². The first-order chi connectivity index (χ1) is 9.33. The number of rotatable bonds is 2. The van der Waals surface area contributed by atoms with Crippen LogP contribution in [0.4, 0.5) is 0 Å². The number of fused-ring (bicyclic) bond motifs is 1. The molecule has 1 amide bonds. The van der Waals surface area contributed by atoms with Crippen LogP contribution >= 0.6 is 11.8 Å². The first kappa shape index (κ1) is 13.0. The summed E-state index contributed by atoms with van der Waals surface area (Å²) in [6, 6.07) is 8.51. The first-order valence-electron chi connectivity index (χ1n) is 7.25. The molecule has 0 aliphatic carbocycles. The molecule has 2 nitrogen and oxygen atoms in total. The number of thioether (sulfide) groups is 1. The largest absolute Gasteiger partial charge is 0.338 e. The normalized spacial score (nSPS) is 22.9. The monoisotopic (exact) mass is 275 g/mol. The third-order valence-electron chi connectivity index (χ3n) is 4.20. The van der Waals surface area contributed by atoms with Crippen LogP contribution in [0.1, 0.15) is 30.4 Å². The molecule has 0 saturated carbocycles. The lowest BCUT2D eigenvalue weighted by Gasteiger charge is -2.31. The zero-order chi connectivity index (χ0) is 13.1. The maximum atomic E-state index is 12.4. The van der Waals surface area contributed by atoms with Crippen LogP contribution in [0, 0.1) is 5.92 Å². The van der Waals surface area contributed by atoms with E-state index in [4.69, 9.17) is 0 Å². The lowest BCUT2D eigenvalue weighted by molar-refractivity contribution is -0.133. The lowest BCUT2D eigenvalue weighted by Crippen LogP contribution is -2.37. The molecule has 1 saturated heterocycles. The van der Waals surface area contributed by atoms with E-state index in [2.05, 4.69) is 29.2 Å². The maximum Gasteiger partial charge on any atom is 0.223 e. The van der Waals surface area contributed by atoms with Gasteiger partial charge in [0.25, 0.3) is 0 Å². The van der Waals surface area contributed by atoms with E-state index in [-0.39, 0.29) is 0 Å². The molecule has 0 N–H and O–H groups in total. The van der Waals surface area contributed by atoms with Crippen LogP contribution in [-0.4, -0.2) is 28.9 Å². The molecule has 102 valence electrons.